The summed E-state index contributed by atoms with van der Waals surface area (Å²) < 4.78 is 37.1. The van der Waals surface area contributed by atoms with E-state index in [0.29, 0.717) is 0 Å². The van der Waals surface area contributed by atoms with Crippen LogP contribution in [0.5, 0.6) is 0 Å². The molecule has 0 unspecified atom stereocenters. The highest BCUT2D eigenvalue weighted by Crippen LogP contribution is 2.22. The first-order valence-corrected chi connectivity index (χ1v) is 5.88. The SMILES string of the molecule is O=C(O)CN(CC(F)(F)F)C(=O)c1cc(Cl)cc(Cl)c1. The molecule has 0 saturated carbocycles. The van der Waals surface area contributed by atoms with Crippen LogP contribution in [0.4, 0.5) is 13.2 Å². The zero-order valence-corrected chi connectivity index (χ0v) is 11.3. The Hall–Kier alpha value is -1.47. The van der Waals surface area contributed by atoms with Gasteiger partial charge in [-0.25, -0.2) is 0 Å². The van der Waals surface area contributed by atoms with Gasteiger partial charge in [-0.3, -0.25) is 9.59 Å². The fourth-order valence-electron chi connectivity index (χ4n) is 1.44. The molecule has 20 heavy (non-hydrogen) atoms. The number of hydrogen-bond acceptors (Lipinski definition) is 2. The molecule has 1 aromatic rings. The third-order valence-electron chi connectivity index (χ3n) is 2.09. The third kappa shape index (κ3) is 5.26. The number of hydrogen-bond donors (Lipinski definition) is 1. The number of alkyl halides is 3. The molecule has 0 aliphatic carbocycles. The first-order chi connectivity index (χ1) is 9.08. The molecule has 0 saturated heterocycles. The molecule has 0 fully saturated rings. The topological polar surface area (TPSA) is 57.6 Å². The van der Waals surface area contributed by atoms with Crippen molar-refractivity contribution in [3.63, 3.8) is 0 Å². The number of halogens is 5. The van der Waals surface area contributed by atoms with E-state index in [0.717, 1.165) is 12.1 Å². The number of rotatable bonds is 4. The smallest absolute Gasteiger partial charge is 0.406 e. The molecule has 0 spiro atoms. The van der Waals surface area contributed by atoms with Gasteiger partial charge in [-0.2, -0.15) is 13.2 Å². The zero-order chi connectivity index (χ0) is 15.5. The van der Waals surface area contributed by atoms with Gasteiger partial charge in [0, 0.05) is 15.6 Å². The Morgan fingerprint density at radius 3 is 2.05 bits per heavy atom. The first kappa shape index (κ1) is 16.6. The molecule has 0 aliphatic heterocycles. The Balaban J connectivity index is 3.06. The van der Waals surface area contributed by atoms with Gasteiger partial charge in [-0.1, -0.05) is 23.2 Å². The standard InChI is InChI=1S/C11H8Cl2F3NO3/c12-7-1-6(2-8(13)3-7)10(20)17(4-9(18)19)5-11(14,15)16/h1-3H,4-5H2,(H,18,19). The number of carboxylic acid groups (broad SMARTS) is 1. The number of carbonyl (C=O) groups excluding carboxylic acids is 1. The average Bonchev–Trinajstić information content (AvgIpc) is 2.23. The van der Waals surface area contributed by atoms with Gasteiger partial charge < -0.3 is 10.0 Å². The van der Waals surface area contributed by atoms with Crippen molar-refractivity contribution in [2.45, 2.75) is 6.18 Å². The number of carboxylic acids is 1. The van der Waals surface area contributed by atoms with Gasteiger partial charge in [0.25, 0.3) is 5.91 Å². The van der Waals surface area contributed by atoms with Crippen molar-refractivity contribution < 1.29 is 27.9 Å². The summed E-state index contributed by atoms with van der Waals surface area (Å²) in [6, 6.07) is 3.52. The predicted molar refractivity (Wildman–Crippen MR) is 66.1 cm³/mol. The summed E-state index contributed by atoms with van der Waals surface area (Å²) in [6.45, 7) is -2.76. The van der Waals surface area contributed by atoms with Gasteiger partial charge >= 0.3 is 12.1 Å². The summed E-state index contributed by atoms with van der Waals surface area (Å²) in [5.74, 6) is -2.68. The molecule has 1 aromatic carbocycles. The summed E-state index contributed by atoms with van der Waals surface area (Å²) in [5.41, 5.74) is -0.215. The van der Waals surface area contributed by atoms with Gasteiger partial charge in [-0.05, 0) is 18.2 Å². The van der Waals surface area contributed by atoms with E-state index >= 15 is 0 Å². The monoisotopic (exact) mass is 329 g/mol. The van der Waals surface area contributed by atoms with Crippen LogP contribution in [0.15, 0.2) is 18.2 Å². The predicted octanol–water partition coefficient (Wildman–Crippen LogP) is 3.08. The van der Waals surface area contributed by atoms with Crippen molar-refractivity contribution >= 4 is 35.1 Å². The van der Waals surface area contributed by atoms with Crippen LogP contribution in [0.1, 0.15) is 10.4 Å². The summed E-state index contributed by atoms with van der Waals surface area (Å²) >= 11 is 11.3. The minimum absolute atomic E-state index is 0.0585. The van der Waals surface area contributed by atoms with E-state index in [2.05, 4.69) is 0 Å². The van der Waals surface area contributed by atoms with Crippen molar-refractivity contribution in [2.24, 2.45) is 0 Å². The van der Waals surface area contributed by atoms with Crippen LogP contribution < -0.4 is 0 Å². The second-order valence-electron chi connectivity index (χ2n) is 3.83. The summed E-state index contributed by atoms with van der Waals surface area (Å²) in [5, 5.41) is 8.69. The quantitative estimate of drug-likeness (QED) is 0.923. The molecule has 0 aromatic heterocycles. The zero-order valence-electron chi connectivity index (χ0n) is 9.75. The highest BCUT2D eigenvalue weighted by molar-refractivity contribution is 6.35. The van der Waals surface area contributed by atoms with E-state index in [1.54, 1.807) is 0 Å². The van der Waals surface area contributed by atoms with E-state index in [-0.39, 0.29) is 20.5 Å². The Morgan fingerprint density at radius 1 is 1.15 bits per heavy atom. The maximum absolute atomic E-state index is 12.4. The Kier molecular flexibility index (Phi) is 5.24. The minimum atomic E-state index is -4.71. The molecule has 1 rings (SSSR count). The number of nitrogens with zero attached hydrogens (tertiary/aromatic N) is 1. The number of amides is 1. The van der Waals surface area contributed by atoms with Gasteiger partial charge in [0.05, 0.1) is 0 Å². The second kappa shape index (κ2) is 6.32. The van der Waals surface area contributed by atoms with Gasteiger partial charge in [0.1, 0.15) is 13.1 Å². The molecule has 0 bridgehead atoms. The van der Waals surface area contributed by atoms with Crippen molar-refractivity contribution in [2.75, 3.05) is 13.1 Å². The van der Waals surface area contributed by atoms with Crippen LogP contribution in [0.25, 0.3) is 0 Å². The third-order valence-corrected chi connectivity index (χ3v) is 2.53. The molecule has 9 heteroatoms. The Bertz CT molecular complexity index is 514. The average molecular weight is 330 g/mol. The molecule has 0 heterocycles. The minimum Gasteiger partial charge on any atom is -0.480 e. The molecular formula is C11H8Cl2F3NO3. The number of benzene rings is 1. The molecule has 110 valence electrons. The van der Waals surface area contributed by atoms with Crippen LogP contribution >= 0.6 is 23.2 Å². The largest absolute Gasteiger partial charge is 0.480 e. The summed E-state index contributed by atoms with van der Waals surface area (Å²) in [6.07, 6.45) is -4.71. The fraction of sp³-hybridized carbons (Fsp3) is 0.273. The van der Waals surface area contributed by atoms with Crippen molar-refractivity contribution in [3.8, 4) is 0 Å². The van der Waals surface area contributed by atoms with Crippen molar-refractivity contribution in [1.82, 2.24) is 4.90 Å². The molecule has 0 aliphatic rings. The molecule has 1 amide bonds. The fourth-order valence-corrected chi connectivity index (χ4v) is 1.97. The van der Waals surface area contributed by atoms with E-state index in [4.69, 9.17) is 28.3 Å². The Labute approximate surface area is 121 Å². The van der Waals surface area contributed by atoms with Gasteiger partial charge in [-0.15, -0.1) is 0 Å². The highest BCUT2D eigenvalue weighted by Gasteiger charge is 2.34. The van der Waals surface area contributed by atoms with Gasteiger partial charge in [0.15, 0.2) is 0 Å². The number of carbonyl (C=O) groups is 2. The van der Waals surface area contributed by atoms with E-state index in [1.807, 2.05) is 0 Å². The summed E-state index contributed by atoms with van der Waals surface area (Å²) in [4.78, 5) is 22.6. The van der Waals surface area contributed by atoms with E-state index in [9.17, 15) is 22.8 Å². The van der Waals surface area contributed by atoms with E-state index < -0.39 is 31.1 Å². The van der Waals surface area contributed by atoms with Crippen LogP contribution in [0, 0.1) is 0 Å². The Morgan fingerprint density at radius 2 is 1.65 bits per heavy atom. The molecular weight excluding hydrogens is 322 g/mol. The molecule has 4 nitrogen and oxygen atoms in total. The normalized spacial score (nSPS) is 11.2. The summed E-state index contributed by atoms with van der Waals surface area (Å²) in [7, 11) is 0. The lowest BCUT2D eigenvalue weighted by molar-refractivity contribution is -0.149. The second-order valence-corrected chi connectivity index (χ2v) is 4.70. The van der Waals surface area contributed by atoms with Crippen molar-refractivity contribution in [3.05, 3.63) is 33.8 Å². The first-order valence-electron chi connectivity index (χ1n) is 5.12. The molecule has 0 radical (unpaired) electrons. The van der Waals surface area contributed by atoms with Crippen molar-refractivity contribution in [1.29, 1.82) is 0 Å². The van der Waals surface area contributed by atoms with Crippen LogP contribution in [-0.4, -0.2) is 41.1 Å². The maximum atomic E-state index is 12.4. The molecule has 0 atom stereocenters. The van der Waals surface area contributed by atoms with Crippen LogP contribution in [-0.2, 0) is 4.79 Å². The van der Waals surface area contributed by atoms with Gasteiger partial charge in [0.2, 0.25) is 0 Å². The maximum Gasteiger partial charge on any atom is 0.406 e. The lowest BCUT2D eigenvalue weighted by atomic mass is 10.2. The number of aliphatic carboxylic acids is 1. The van der Waals surface area contributed by atoms with Crippen LogP contribution in [0.2, 0.25) is 10.0 Å². The van der Waals surface area contributed by atoms with E-state index in [1.165, 1.54) is 6.07 Å². The van der Waals surface area contributed by atoms with Crippen LogP contribution in [0.3, 0.4) is 0 Å². The molecule has 1 N–H and O–H groups in total. The lowest BCUT2D eigenvalue weighted by Gasteiger charge is -2.22. The lowest BCUT2D eigenvalue weighted by Crippen LogP contribution is -2.42. The highest BCUT2D eigenvalue weighted by atomic mass is 35.5.